The number of hydrogen-bond acceptors (Lipinski definition) is 2. The molecule has 0 bridgehead atoms. The minimum absolute atomic E-state index is 0.187. The summed E-state index contributed by atoms with van der Waals surface area (Å²) in [6.45, 7) is 0. The third-order valence-corrected chi connectivity index (χ3v) is 6.90. The average molecular weight is 410 g/mol. The van der Waals surface area contributed by atoms with Crippen molar-refractivity contribution in [3.63, 3.8) is 0 Å². The molecule has 0 radical (unpaired) electrons. The Kier molecular flexibility index (Phi) is 4.45. The van der Waals surface area contributed by atoms with Crippen molar-refractivity contribution in [2.24, 2.45) is 5.92 Å². The molecule has 154 valence electrons. The van der Waals surface area contributed by atoms with Crippen LogP contribution in [-0.4, -0.2) is 15.0 Å². The maximum absolute atomic E-state index is 13.8. The molecular formula is C27H24FN3. The van der Waals surface area contributed by atoms with Crippen molar-refractivity contribution < 1.29 is 4.39 Å². The fourth-order valence-corrected chi connectivity index (χ4v) is 5.29. The molecule has 2 aromatic heterocycles. The van der Waals surface area contributed by atoms with Gasteiger partial charge in [-0.3, -0.25) is 4.98 Å². The molecule has 31 heavy (non-hydrogen) atoms. The fourth-order valence-electron chi connectivity index (χ4n) is 5.29. The van der Waals surface area contributed by atoms with E-state index >= 15 is 0 Å². The molecule has 5 aromatic rings. The third-order valence-electron chi connectivity index (χ3n) is 6.90. The van der Waals surface area contributed by atoms with Crippen molar-refractivity contribution in [2.45, 2.75) is 38.0 Å². The first-order valence-corrected chi connectivity index (χ1v) is 11.1. The van der Waals surface area contributed by atoms with Crippen LogP contribution in [0.15, 0.2) is 66.9 Å². The average Bonchev–Trinajstić information content (AvgIpc) is 3.18. The monoisotopic (exact) mass is 409 g/mol. The van der Waals surface area contributed by atoms with Gasteiger partial charge in [-0.2, -0.15) is 0 Å². The Hall–Kier alpha value is -3.27. The number of imidazole rings is 1. The van der Waals surface area contributed by atoms with Crippen molar-refractivity contribution in [3.8, 4) is 0 Å². The van der Waals surface area contributed by atoms with Crippen LogP contribution in [0.1, 0.15) is 43.0 Å². The van der Waals surface area contributed by atoms with Gasteiger partial charge in [0.2, 0.25) is 0 Å². The lowest BCUT2D eigenvalue weighted by Gasteiger charge is -2.29. The van der Waals surface area contributed by atoms with Crippen molar-refractivity contribution in [1.82, 2.24) is 15.0 Å². The van der Waals surface area contributed by atoms with Crippen LogP contribution < -0.4 is 0 Å². The minimum atomic E-state index is -0.187. The number of nitrogens with one attached hydrogen (secondary N) is 1. The molecule has 3 nitrogen and oxygen atoms in total. The summed E-state index contributed by atoms with van der Waals surface area (Å²) < 4.78 is 13.8. The summed E-state index contributed by atoms with van der Waals surface area (Å²) in [4.78, 5) is 12.8. The maximum Gasteiger partial charge on any atom is 0.123 e. The van der Waals surface area contributed by atoms with Gasteiger partial charge in [0.15, 0.2) is 0 Å². The highest BCUT2D eigenvalue weighted by atomic mass is 19.1. The Balaban J connectivity index is 1.19. The van der Waals surface area contributed by atoms with Crippen LogP contribution in [0.25, 0.3) is 32.7 Å². The quantitative estimate of drug-likeness (QED) is 0.351. The molecule has 6 rings (SSSR count). The van der Waals surface area contributed by atoms with Crippen molar-refractivity contribution in [1.29, 1.82) is 0 Å². The molecule has 1 saturated carbocycles. The van der Waals surface area contributed by atoms with Gasteiger partial charge in [-0.25, -0.2) is 9.37 Å². The fraction of sp³-hybridized carbons (Fsp3) is 0.259. The molecule has 0 spiro atoms. The largest absolute Gasteiger partial charge is 0.342 e. The molecule has 0 saturated heterocycles. The van der Waals surface area contributed by atoms with Crippen molar-refractivity contribution >= 4 is 32.7 Å². The van der Waals surface area contributed by atoms with E-state index in [-0.39, 0.29) is 5.82 Å². The van der Waals surface area contributed by atoms with E-state index in [2.05, 4.69) is 52.4 Å². The van der Waals surface area contributed by atoms with E-state index in [1.54, 1.807) is 12.1 Å². The van der Waals surface area contributed by atoms with Crippen LogP contribution in [0.5, 0.6) is 0 Å². The zero-order chi connectivity index (χ0) is 20.8. The minimum Gasteiger partial charge on any atom is -0.342 e. The Morgan fingerprint density at radius 1 is 0.871 bits per heavy atom. The summed E-state index contributed by atoms with van der Waals surface area (Å²) in [5.74, 6) is 2.01. The van der Waals surface area contributed by atoms with Gasteiger partial charge in [0.05, 0.1) is 16.6 Å². The zero-order valence-electron chi connectivity index (χ0n) is 17.3. The number of aromatic amines is 1. The molecule has 1 aliphatic carbocycles. The van der Waals surface area contributed by atoms with E-state index in [9.17, 15) is 4.39 Å². The van der Waals surface area contributed by atoms with Crippen LogP contribution in [-0.2, 0) is 6.42 Å². The van der Waals surface area contributed by atoms with Crippen molar-refractivity contribution in [3.05, 3.63) is 84.1 Å². The number of hydrogen-bond donors (Lipinski definition) is 1. The predicted octanol–water partition coefficient (Wildman–Crippen LogP) is 6.92. The molecule has 0 amide bonds. The molecule has 0 atom stereocenters. The van der Waals surface area contributed by atoms with Gasteiger partial charge in [0.1, 0.15) is 11.6 Å². The van der Waals surface area contributed by atoms with Crippen LogP contribution in [0.2, 0.25) is 0 Å². The van der Waals surface area contributed by atoms with E-state index in [4.69, 9.17) is 4.98 Å². The lowest BCUT2D eigenvalue weighted by molar-refractivity contribution is 0.322. The summed E-state index contributed by atoms with van der Waals surface area (Å²) in [6, 6.07) is 19.8. The molecule has 1 aliphatic rings. The first-order valence-electron chi connectivity index (χ1n) is 11.1. The summed E-state index contributed by atoms with van der Waals surface area (Å²) in [6.07, 6.45) is 7.45. The molecule has 4 heteroatoms. The lowest BCUT2D eigenvalue weighted by atomic mass is 9.77. The van der Waals surface area contributed by atoms with Crippen LogP contribution in [0, 0.1) is 11.7 Å². The summed E-state index contributed by atoms with van der Waals surface area (Å²) in [7, 11) is 0. The van der Waals surface area contributed by atoms with Gasteiger partial charge in [0.25, 0.3) is 0 Å². The summed E-state index contributed by atoms with van der Waals surface area (Å²) >= 11 is 0. The number of aromatic nitrogens is 3. The molecule has 0 unspecified atom stereocenters. The van der Waals surface area contributed by atoms with E-state index in [0.29, 0.717) is 11.8 Å². The second kappa shape index (κ2) is 7.45. The Morgan fingerprint density at radius 2 is 1.68 bits per heavy atom. The second-order valence-electron chi connectivity index (χ2n) is 8.88. The van der Waals surface area contributed by atoms with E-state index in [0.717, 1.165) is 47.0 Å². The Bertz CT molecular complexity index is 1340. The lowest BCUT2D eigenvalue weighted by Crippen LogP contribution is -2.16. The van der Waals surface area contributed by atoms with Gasteiger partial charge in [-0.05, 0) is 90.3 Å². The SMILES string of the molecule is Fc1ccc2nccc(C3CCC(Cc4nc5cc6ccccc6cc5[nH]4)CC3)c2c1. The van der Waals surface area contributed by atoms with E-state index in [1.807, 2.05) is 6.20 Å². The molecule has 1 fully saturated rings. The Morgan fingerprint density at radius 3 is 2.52 bits per heavy atom. The molecule has 0 aliphatic heterocycles. The first-order chi connectivity index (χ1) is 15.2. The first kappa shape index (κ1) is 18.5. The number of halogens is 1. The molecule has 3 aromatic carbocycles. The highest BCUT2D eigenvalue weighted by Gasteiger charge is 2.25. The number of rotatable bonds is 3. The van der Waals surface area contributed by atoms with Gasteiger partial charge in [-0.1, -0.05) is 24.3 Å². The van der Waals surface area contributed by atoms with Gasteiger partial charge >= 0.3 is 0 Å². The maximum atomic E-state index is 13.8. The number of H-pyrrole nitrogens is 1. The van der Waals surface area contributed by atoms with Gasteiger partial charge in [0, 0.05) is 18.0 Å². The van der Waals surface area contributed by atoms with Crippen LogP contribution >= 0.6 is 0 Å². The number of nitrogens with zero attached hydrogens (tertiary/aromatic N) is 2. The second-order valence-corrected chi connectivity index (χ2v) is 8.88. The Labute approximate surface area is 180 Å². The topological polar surface area (TPSA) is 41.6 Å². The van der Waals surface area contributed by atoms with Gasteiger partial charge in [-0.15, -0.1) is 0 Å². The van der Waals surface area contributed by atoms with Crippen LogP contribution in [0.3, 0.4) is 0 Å². The standard InChI is InChI=1S/C27H24FN3/c28-21-9-10-24-23(16-21)22(11-12-29-24)18-7-5-17(6-8-18)13-27-30-25-14-19-3-1-2-4-20(19)15-26(25)31-27/h1-4,9-12,14-18H,5-8,13H2,(H,30,31). The van der Waals surface area contributed by atoms with Crippen molar-refractivity contribution in [2.75, 3.05) is 0 Å². The van der Waals surface area contributed by atoms with E-state index < -0.39 is 0 Å². The zero-order valence-corrected chi connectivity index (χ0v) is 17.3. The smallest absolute Gasteiger partial charge is 0.123 e. The number of pyridine rings is 1. The normalized spacial score (nSPS) is 19.4. The summed E-state index contributed by atoms with van der Waals surface area (Å²) in [5, 5.41) is 3.44. The molecular weight excluding hydrogens is 385 g/mol. The highest BCUT2D eigenvalue weighted by molar-refractivity contribution is 5.95. The summed E-state index contributed by atoms with van der Waals surface area (Å²) in [5.41, 5.74) is 4.30. The highest BCUT2D eigenvalue weighted by Crippen LogP contribution is 2.39. The molecule has 2 heterocycles. The van der Waals surface area contributed by atoms with Crippen LogP contribution in [0.4, 0.5) is 4.39 Å². The third kappa shape index (κ3) is 3.46. The van der Waals surface area contributed by atoms with E-state index in [1.165, 1.54) is 35.2 Å². The molecule has 1 N–H and O–H groups in total. The number of benzene rings is 3. The number of fused-ring (bicyclic) bond motifs is 3. The predicted molar refractivity (Wildman–Crippen MR) is 124 cm³/mol. The van der Waals surface area contributed by atoms with Gasteiger partial charge < -0.3 is 4.98 Å².